The number of aryl methyl sites for hydroxylation is 3. The van der Waals surface area contributed by atoms with Gasteiger partial charge in [0.2, 0.25) is 5.91 Å². The Morgan fingerprint density at radius 1 is 1.19 bits per heavy atom. The van der Waals surface area contributed by atoms with Crippen LogP contribution in [0.25, 0.3) is 10.9 Å². The minimum atomic E-state index is -0.270. The van der Waals surface area contributed by atoms with Gasteiger partial charge in [-0.3, -0.25) is 9.59 Å². The van der Waals surface area contributed by atoms with Crippen LogP contribution in [0.15, 0.2) is 9.32 Å². The number of aromatic nitrogens is 3. The van der Waals surface area contributed by atoms with Gasteiger partial charge in [0, 0.05) is 26.1 Å². The van der Waals surface area contributed by atoms with Gasteiger partial charge in [0.1, 0.15) is 5.76 Å². The lowest BCUT2D eigenvalue weighted by Crippen LogP contribution is -2.37. The van der Waals surface area contributed by atoms with Gasteiger partial charge in [-0.05, 0) is 46.2 Å². The number of piperidine rings is 1. The standard InChI is InChI=1S/C18H27N5O3/c1-13-16-14(2)26-21-17(16)18(25)23(20-13)11-6-7-15(24)19-8-12-22-9-4-3-5-10-22/h3-12H2,1-2H3,(H,19,24). The second-order valence-corrected chi connectivity index (χ2v) is 6.93. The third kappa shape index (κ3) is 4.30. The summed E-state index contributed by atoms with van der Waals surface area (Å²) < 4.78 is 6.47. The van der Waals surface area contributed by atoms with E-state index in [-0.39, 0.29) is 11.5 Å². The second-order valence-electron chi connectivity index (χ2n) is 6.93. The third-order valence-corrected chi connectivity index (χ3v) is 4.90. The fourth-order valence-electron chi connectivity index (χ4n) is 3.51. The van der Waals surface area contributed by atoms with Gasteiger partial charge in [0.25, 0.3) is 5.56 Å². The maximum atomic E-state index is 12.4. The lowest BCUT2D eigenvalue weighted by atomic mass is 10.1. The van der Waals surface area contributed by atoms with E-state index in [0.29, 0.717) is 48.3 Å². The van der Waals surface area contributed by atoms with Gasteiger partial charge >= 0.3 is 0 Å². The number of nitrogens with one attached hydrogen (secondary N) is 1. The molecule has 0 atom stereocenters. The Kier molecular flexibility index (Phi) is 6.03. The summed E-state index contributed by atoms with van der Waals surface area (Å²) in [6.45, 7) is 7.84. The van der Waals surface area contributed by atoms with Crippen molar-refractivity contribution in [3.63, 3.8) is 0 Å². The van der Waals surface area contributed by atoms with Crippen molar-refractivity contribution in [2.75, 3.05) is 26.2 Å². The molecule has 0 radical (unpaired) electrons. The van der Waals surface area contributed by atoms with Crippen LogP contribution in [0.3, 0.4) is 0 Å². The van der Waals surface area contributed by atoms with Crippen LogP contribution in [-0.4, -0.2) is 51.9 Å². The Morgan fingerprint density at radius 3 is 2.73 bits per heavy atom. The van der Waals surface area contributed by atoms with Gasteiger partial charge in [-0.15, -0.1) is 0 Å². The molecule has 2 aromatic rings. The summed E-state index contributed by atoms with van der Waals surface area (Å²) in [5, 5.41) is 11.8. The molecule has 8 heteroatoms. The van der Waals surface area contributed by atoms with Crippen molar-refractivity contribution in [3.8, 4) is 0 Å². The van der Waals surface area contributed by atoms with E-state index < -0.39 is 0 Å². The van der Waals surface area contributed by atoms with E-state index in [1.165, 1.54) is 23.9 Å². The van der Waals surface area contributed by atoms with Gasteiger partial charge in [-0.1, -0.05) is 11.6 Å². The second kappa shape index (κ2) is 8.44. The zero-order valence-corrected chi connectivity index (χ0v) is 15.6. The molecule has 0 unspecified atom stereocenters. The molecule has 2 aromatic heterocycles. The van der Waals surface area contributed by atoms with E-state index in [0.717, 1.165) is 19.6 Å². The first-order valence-electron chi connectivity index (χ1n) is 9.39. The van der Waals surface area contributed by atoms with Gasteiger partial charge < -0.3 is 14.7 Å². The monoisotopic (exact) mass is 361 g/mol. The van der Waals surface area contributed by atoms with Crippen LogP contribution in [0.2, 0.25) is 0 Å². The summed E-state index contributed by atoms with van der Waals surface area (Å²) in [6, 6.07) is 0. The minimum absolute atomic E-state index is 0.0186. The molecule has 3 rings (SSSR count). The number of hydrogen-bond donors (Lipinski definition) is 1. The largest absolute Gasteiger partial charge is 0.360 e. The van der Waals surface area contributed by atoms with E-state index in [9.17, 15) is 9.59 Å². The first-order valence-corrected chi connectivity index (χ1v) is 9.39. The number of likely N-dealkylation sites (tertiary alicyclic amines) is 1. The topological polar surface area (TPSA) is 93.3 Å². The smallest absolute Gasteiger partial charge is 0.296 e. The molecule has 0 aromatic carbocycles. The Hall–Kier alpha value is -2.22. The lowest BCUT2D eigenvalue weighted by Gasteiger charge is -2.26. The molecule has 3 heterocycles. The van der Waals surface area contributed by atoms with Crippen LogP contribution in [0, 0.1) is 13.8 Å². The van der Waals surface area contributed by atoms with E-state index >= 15 is 0 Å². The SMILES string of the molecule is Cc1nn(CCCC(=O)NCCN2CCCCC2)c(=O)c2noc(C)c12. The molecule has 0 saturated carbocycles. The lowest BCUT2D eigenvalue weighted by molar-refractivity contribution is -0.121. The third-order valence-electron chi connectivity index (χ3n) is 4.90. The summed E-state index contributed by atoms with van der Waals surface area (Å²) in [4.78, 5) is 26.8. The van der Waals surface area contributed by atoms with Crippen LogP contribution in [0.4, 0.5) is 0 Å². The van der Waals surface area contributed by atoms with Crippen molar-refractivity contribution in [2.45, 2.75) is 52.5 Å². The van der Waals surface area contributed by atoms with Crippen molar-refractivity contribution in [1.29, 1.82) is 0 Å². The fourth-order valence-corrected chi connectivity index (χ4v) is 3.51. The first-order chi connectivity index (χ1) is 12.6. The predicted molar refractivity (Wildman–Crippen MR) is 98.1 cm³/mol. The molecule has 1 N–H and O–H groups in total. The highest BCUT2D eigenvalue weighted by Gasteiger charge is 2.15. The zero-order valence-electron chi connectivity index (χ0n) is 15.6. The Bertz CT molecular complexity index is 820. The summed E-state index contributed by atoms with van der Waals surface area (Å²) in [5.74, 6) is 0.618. The molecule has 142 valence electrons. The van der Waals surface area contributed by atoms with Gasteiger partial charge in [0.15, 0.2) is 5.52 Å². The quantitative estimate of drug-likeness (QED) is 0.801. The van der Waals surface area contributed by atoms with Crippen LogP contribution in [-0.2, 0) is 11.3 Å². The Labute approximate surface area is 152 Å². The highest BCUT2D eigenvalue weighted by molar-refractivity contribution is 5.81. The molecule has 1 saturated heterocycles. The molecule has 0 aliphatic carbocycles. The highest BCUT2D eigenvalue weighted by Crippen LogP contribution is 2.16. The molecule has 1 amide bonds. The number of carbonyl (C=O) groups is 1. The van der Waals surface area contributed by atoms with Crippen LogP contribution in [0.1, 0.15) is 43.6 Å². The van der Waals surface area contributed by atoms with Crippen LogP contribution >= 0.6 is 0 Å². The predicted octanol–water partition coefficient (Wildman–Crippen LogP) is 1.38. The average molecular weight is 361 g/mol. The molecular formula is C18H27N5O3. The zero-order chi connectivity index (χ0) is 18.5. The maximum absolute atomic E-state index is 12.4. The number of hydrogen-bond acceptors (Lipinski definition) is 6. The fraction of sp³-hybridized carbons (Fsp3) is 0.667. The Balaban J connectivity index is 1.45. The number of amides is 1. The number of fused-ring (bicyclic) bond motifs is 1. The van der Waals surface area contributed by atoms with Crippen LogP contribution < -0.4 is 10.9 Å². The van der Waals surface area contributed by atoms with Gasteiger partial charge in [-0.25, -0.2) is 4.68 Å². The normalized spacial score (nSPS) is 15.5. The average Bonchev–Trinajstić information content (AvgIpc) is 3.02. The number of rotatable bonds is 7. The van der Waals surface area contributed by atoms with E-state index in [1.54, 1.807) is 6.92 Å². The van der Waals surface area contributed by atoms with Crippen molar-refractivity contribution in [2.24, 2.45) is 0 Å². The molecule has 26 heavy (non-hydrogen) atoms. The van der Waals surface area contributed by atoms with Gasteiger partial charge in [0.05, 0.1) is 11.1 Å². The number of carbonyl (C=O) groups excluding carboxylic acids is 1. The van der Waals surface area contributed by atoms with Gasteiger partial charge in [-0.2, -0.15) is 5.10 Å². The van der Waals surface area contributed by atoms with E-state index in [2.05, 4.69) is 20.5 Å². The minimum Gasteiger partial charge on any atom is -0.360 e. The molecule has 0 spiro atoms. The summed E-state index contributed by atoms with van der Waals surface area (Å²) in [6.07, 6.45) is 4.76. The first kappa shape index (κ1) is 18.6. The summed E-state index contributed by atoms with van der Waals surface area (Å²) in [5.41, 5.74) is 0.748. The maximum Gasteiger partial charge on any atom is 0.296 e. The van der Waals surface area contributed by atoms with E-state index in [1.807, 2.05) is 6.92 Å². The van der Waals surface area contributed by atoms with Crippen molar-refractivity contribution in [3.05, 3.63) is 21.8 Å². The molecule has 1 aliphatic heterocycles. The summed E-state index contributed by atoms with van der Waals surface area (Å²) in [7, 11) is 0. The number of nitrogens with zero attached hydrogens (tertiary/aromatic N) is 4. The Morgan fingerprint density at radius 2 is 1.96 bits per heavy atom. The molecular weight excluding hydrogens is 334 g/mol. The van der Waals surface area contributed by atoms with E-state index in [4.69, 9.17) is 4.52 Å². The molecule has 8 nitrogen and oxygen atoms in total. The van der Waals surface area contributed by atoms with Crippen LogP contribution in [0.5, 0.6) is 0 Å². The molecule has 0 bridgehead atoms. The highest BCUT2D eigenvalue weighted by atomic mass is 16.5. The van der Waals surface area contributed by atoms with Crippen molar-refractivity contribution in [1.82, 2.24) is 25.2 Å². The van der Waals surface area contributed by atoms with Crippen molar-refractivity contribution < 1.29 is 9.32 Å². The summed E-state index contributed by atoms with van der Waals surface area (Å²) >= 11 is 0. The molecule has 1 aliphatic rings. The molecule has 1 fully saturated rings. The van der Waals surface area contributed by atoms with Crippen molar-refractivity contribution >= 4 is 16.8 Å².